The number of rotatable bonds is 3. The summed E-state index contributed by atoms with van der Waals surface area (Å²) in [6.07, 6.45) is 2.10. The van der Waals surface area contributed by atoms with Crippen LogP contribution in [0.25, 0.3) is 0 Å². The number of halogens is 1. The van der Waals surface area contributed by atoms with Crippen molar-refractivity contribution in [1.29, 1.82) is 0 Å². The molecule has 0 bridgehead atoms. The van der Waals surface area contributed by atoms with E-state index < -0.39 is 16.4 Å². The molecular weight excluding hydrogens is 225 g/mol. The monoisotopic (exact) mass is 239 g/mol. The highest BCUT2D eigenvalue weighted by atomic mass is 19.1. The maximum absolute atomic E-state index is 13.4. The molecule has 5 nitrogen and oxygen atoms in total. The summed E-state index contributed by atoms with van der Waals surface area (Å²) in [6.45, 7) is 1.84. The summed E-state index contributed by atoms with van der Waals surface area (Å²) < 4.78 is 13.4. The van der Waals surface area contributed by atoms with Gasteiger partial charge in [0.05, 0.1) is 4.92 Å². The van der Waals surface area contributed by atoms with Crippen molar-refractivity contribution in [1.82, 2.24) is 5.32 Å². The standard InChI is InChI=1S/C11H14FN3O2/c12-10-6-8(3-4-11(10)15(16)17)14-9-2-1-5-13-7-9/h3-4,6,9,13-14H,1-2,5,7H2. The van der Waals surface area contributed by atoms with Gasteiger partial charge in [0.1, 0.15) is 0 Å². The minimum absolute atomic E-state index is 0.254. The summed E-state index contributed by atoms with van der Waals surface area (Å²) in [6, 6.07) is 4.15. The number of nitro benzene ring substituents is 1. The Hall–Kier alpha value is -1.69. The van der Waals surface area contributed by atoms with E-state index in [0.29, 0.717) is 5.69 Å². The Labute approximate surface area is 98.2 Å². The molecule has 0 aliphatic carbocycles. The fourth-order valence-corrected chi connectivity index (χ4v) is 1.96. The molecule has 17 heavy (non-hydrogen) atoms. The maximum Gasteiger partial charge on any atom is 0.304 e. The molecule has 2 N–H and O–H groups in total. The molecule has 0 aromatic heterocycles. The molecular formula is C11H14FN3O2. The van der Waals surface area contributed by atoms with E-state index in [1.165, 1.54) is 18.2 Å². The third-order valence-electron chi connectivity index (χ3n) is 2.81. The Morgan fingerprint density at radius 3 is 2.94 bits per heavy atom. The van der Waals surface area contributed by atoms with Crippen LogP contribution in [0.5, 0.6) is 0 Å². The summed E-state index contributed by atoms with van der Waals surface area (Å²) >= 11 is 0. The van der Waals surface area contributed by atoms with Crippen molar-refractivity contribution in [3.63, 3.8) is 0 Å². The van der Waals surface area contributed by atoms with Crippen LogP contribution in [0.4, 0.5) is 15.8 Å². The van der Waals surface area contributed by atoms with Gasteiger partial charge in [-0.05, 0) is 25.5 Å². The van der Waals surface area contributed by atoms with Crippen LogP contribution in [0.15, 0.2) is 18.2 Å². The second-order valence-electron chi connectivity index (χ2n) is 4.11. The first-order valence-electron chi connectivity index (χ1n) is 5.58. The number of nitro groups is 1. The van der Waals surface area contributed by atoms with Crippen molar-refractivity contribution in [2.75, 3.05) is 18.4 Å². The normalized spacial score (nSPS) is 19.9. The Kier molecular flexibility index (Phi) is 3.53. The van der Waals surface area contributed by atoms with E-state index in [-0.39, 0.29) is 6.04 Å². The smallest absolute Gasteiger partial charge is 0.304 e. The molecule has 0 radical (unpaired) electrons. The molecule has 1 saturated heterocycles. The van der Waals surface area contributed by atoms with E-state index in [4.69, 9.17) is 0 Å². The number of anilines is 1. The molecule has 1 heterocycles. The van der Waals surface area contributed by atoms with Gasteiger partial charge in [0.2, 0.25) is 5.82 Å². The topological polar surface area (TPSA) is 67.2 Å². The quantitative estimate of drug-likeness (QED) is 0.624. The molecule has 2 rings (SSSR count). The summed E-state index contributed by atoms with van der Waals surface area (Å²) in [5.74, 6) is -0.802. The van der Waals surface area contributed by atoms with E-state index in [1.807, 2.05) is 0 Å². The van der Waals surface area contributed by atoms with Crippen LogP contribution < -0.4 is 10.6 Å². The first-order chi connectivity index (χ1) is 8.16. The van der Waals surface area contributed by atoms with Crippen LogP contribution in [0.3, 0.4) is 0 Å². The molecule has 0 amide bonds. The van der Waals surface area contributed by atoms with Gasteiger partial charge in [-0.25, -0.2) is 0 Å². The maximum atomic E-state index is 13.4. The summed E-state index contributed by atoms with van der Waals surface area (Å²) in [4.78, 5) is 9.74. The average molecular weight is 239 g/mol. The van der Waals surface area contributed by atoms with Crippen molar-refractivity contribution < 1.29 is 9.31 Å². The SMILES string of the molecule is O=[N+]([O-])c1ccc(NC2CCCNC2)cc1F. The zero-order valence-electron chi connectivity index (χ0n) is 9.28. The zero-order chi connectivity index (χ0) is 12.3. The van der Waals surface area contributed by atoms with Gasteiger partial charge in [-0.3, -0.25) is 10.1 Å². The summed E-state index contributed by atoms with van der Waals surface area (Å²) in [5, 5.41) is 16.9. The highest BCUT2D eigenvalue weighted by Crippen LogP contribution is 2.22. The van der Waals surface area contributed by atoms with Gasteiger partial charge < -0.3 is 10.6 Å². The minimum Gasteiger partial charge on any atom is -0.381 e. The molecule has 1 unspecified atom stereocenters. The molecule has 0 saturated carbocycles. The van der Waals surface area contributed by atoms with E-state index in [9.17, 15) is 14.5 Å². The minimum atomic E-state index is -0.802. The number of nitrogens with zero attached hydrogens (tertiary/aromatic N) is 1. The van der Waals surface area contributed by atoms with Crippen molar-refractivity contribution in [3.05, 3.63) is 34.1 Å². The first-order valence-corrected chi connectivity index (χ1v) is 5.58. The lowest BCUT2D eigenvalue weighted by Gasteiger charge is -2.24. The molecule has 0 spiro atoms. The molecule has 1 aromatic rings. The number of hydrogen-bond donors (Lipinski definition) is 2. The van der Waals surface area contributed by atoms with Crippen LogP contribution in [0.1, 0.15) is 12.8 Å². The molecule has 1 atom stereocenters. The van der Waals surface area contributed by atoms with E-state index in [0.717, 1.165) is 25.9 Å². The fourth-order valence-electron chi connectivity index (χ4n) is 1.96. The Morgan fingerprint density at radius 1 is 1.53 bits per heavy atom. The van der Waals surface area contributed by atoms with Gasteiger partial charge >= 0.3 is 5.69 Å². The lowest BCUT2D eigenvalue weighted by molar-refractivity contribution is -0.387. The Morgan fingerprint density at radius 2 is 2.35 bits per heavy atom. The van der Waals surface area contributed by atoms with Crippen LogP contribution in [0, 0.1) is 15.9 Å². The predicted octanol–water partition coefficient (Wildman–Crippen LogP) is 1.90. The van der Waals surface area contributed by atoms with Gasteiger partial charge in [0.25, 0.3) is 0 Å². The molecule has 1 fully saturated rings. The highest BCUT2D eigenvalue weighted by molar-refractivity contribution is 5.50. The molecule has 1 aliphatic heterocycles. The number of benzene rings is 1. The second-order valence-corrected chi connectivity index (χ2v) is 4.11. The Bertz CT molecular complexity index is 419. The van der Waals surface area contributed by atoms with Crippen molar-refractivity contribution >= 4 is 11.4 Å². The average Bonchev–Trinajstić information content (AvgIpc) is 2.30. The second kappa shape index (κ2) is 5.09. The summed E-state index contributed by atoms with van der Waals surface area (Å²) in [7, 11) is 0. The van der Waals surface area contributed by atoms with Gasteiger partial charge in [0, 0.05) is 30.4 Å². The van der Waals surface area contributed by atoms with Crippen molar-refractivity contribution in [2.24, 2.45) is 0 Å². The van der Waals surface area contributed by atoms with Gasteiger partial charge in [0.15, 0.2) is 0 Å². The summed E-state index contributed by atoms with van der Waals surface area (Å²) in [5.41, 5.74) is 0.0964. The third-order valence-corrected chi connectivity index (χ3v) is 2.81. The van der Waals surface area contributed by atoms with Gasteiger partial charge in [-0.15, -0.1) is 0 Å². The first kappa shape index (κ1) is 11.8. The van der Waals surface area contributed by atoms with Gasteiger partial charge in [-0.2, -0.15) is 4.39 Å². The van der Waals surface area contributed by atoms with Gasteiger partial charge in [-0.1, -0.05) is 0 Å². The van der Waals surface area contributed by atoms with Crippen LogP contribution >= 0.6 is 0 Å². The number of nitrogens with one attached hydrogen (secondary N) is 2. The van der Waals surface area contributed by atoms with E-state index in [2.05, 4.69) is 10.6 Å². The van der Waals surface area contributed by atoms with Crippen LogP contribution in [-0.4, -0.2) is 24.1 Å². The number of piperidine rings is 1. The number of hydrogen-bond acceptors (Lipinski definition) is 4. The van der Waals surface area contributed by atoms with E-state index >= 15 is 0 Å². The van der Waals surface area contributed by atoms with E-state index in [1.54, 1.807) is 0 Å². The fraction of sp³-hybridized carbons (Fsp3) is 0.455. The lowest BCUT2D eigenvalue weighted by atomic mass is 10.1. The lowest BCUT2D eigenvalue weighted by Crippen LogP contribution is -2.38. The van der Waals surface area contributed by atoms with Crippen LogP contribution in [-0.2, 0) is 0 Å². The van der Waals surface area contributed by atoms with Crippen molar-refractivity contribution in [3.8, 4) is 0 Å². The largest absolute Gasteiger partial charge is 0.381 e. The molecule has 6 heteroatoms. The Balaban J connectivity index is 2.06. The zero-order valence-corrected chi connectivity index (χ0v) is 9.28. The molecule has 1 aromatic carbocycles. The predicted molar refractivity (Wildman–Crippen MR) is 62.6 cm³/mol. The molecule has 1 aliphatic rings. The highest BCUT2D eigenvalue weighted by Gasteiger charge is 2.16. The van der Waals surface area contributed by atoms with Crippen molar-refractivity contribution in [2.45, 2.75) is 18.9 Å². The molecule has 92 valence electrons. The third kappa shape index (κ3) is 2.91. The van der Waals surface area contributed by atoms with Crippen LogP contribution in [0.2, 0.25) is 0 Å².